The molecule has 2 aromatic rings. The third-order valence-electron chi connectivity index (χ3n) is 4.57. The van der Waals surface area contributed by atoms with Crippen molar-refractivity contribution in [2.24, 2.45) is 0 Å². The van der Waals surface area contributed by atoms with E-state index in [0.29, 0.717) is 6.04 Å². The molecule has 0 saturated carbocycles. The van der Waals surface area contributed by atoms with Crippen LogP contribution in [0.15, 0.2) is 27.4 Å². The van der Waals surface area contributed by atoms with Gasteiger partial charge in [-0.3, -0.25) is 4.90 Å². The average molecular weight is 285 g/mol. The molecule has 1 atom stereocenters. The van der Waals surface area contributed by atoms with E-state index in [9.17, 15) is 4.79 Å². The van der Waals surface area contributed by atoms with Crippen molar-refractivity contribution in [2.45, 2.75) is 52.6 Å². The molecule has 1 fully saturated rings. The fourth-order valence-corrected chi connectivity index (χ4v) is 3.42. The lowest BCUT2D eigenvalue weighted by atomic mass is 10.00. The van der Waals surface area contributed by atoms with Crippen LogP contribution in [0.3, 0.4) is 0 Å². The number of likely N-dealkylation sites (tertiary alicyclic amines) is 1. The highest BCUT2D eigenvalue weighted by atomic mass is 16.4. The van der Waals surface area contributed by atoms with Crippen LogP contribution in [-0.2, 0) is 6.54 Å². The first-order chi connectivity index (χ1) is 10.0. The predicted molar refractivity (Wildman–Crippen MR) is 85.7 cm³/mol. The Morgan fingerprint density at radius 2 is 2.05 bits per heavy atom. The lowest BCUT2D eigenvalue weighted by Gasteiger charge is -2.33. The van der Waals surface area contributed by atoms with E-state index in [-0.39, 0.29) is 5.63 Å². The summed E-state index contributed by atoms with van der Waals surface area (Å²) in [6, 6.07) is 6.46. The Hall–Kier alpha value is -1.61. The Labute approximate surface area is 125 Å². The topological polar surface area (TPSA) is 33.5 Å². The molecule has 1 aliphatic rings. The summed E-state index contributed by atoms with van der Waals surface area (Å²) >= 11 is 0. The summed E-state index contributed by atoms with van der Waals surface area (Å²) in [4.78, 5) is 14.4. The van der Waals surface area contributed by atoms with Gasteiger partial charge in [-0.2, -0.15) is 0 Å². The first-order valence-electron chi connectivity index (χ1n) is 7.82. The first kappa shape index (κ1) is 14.3. The quantitative estimate of drug-likeness (QED) is 0.787. The number of aryl methyl sites for hydroxylation is 2. The van der Waals surface area contributed by atoms with Crippen molar-refractivity contribution in [2.75, 3.05) is 6.54 Å². The summed E-state index contributed by atoms with van der Waals surface area (Å²) in [7, 11) is 0. The van der Waals surface area contributed by atoms with Gasteiger partial charge in [-0.15, -0.1) is 0 Å². The number of rotatable bonds is 2. The van der Waals surface area contributed by atoms with E-state index in [0.717, 1.165) is 35.2 Å². The average Bonchev–Trinajstić information content (AvgIpc) is 2.42. The summed E-state index contributed by atoms with van der Waals surface area (Å²) in [5.41, 5.74) is 3.85. The van der Waals surface area contributed by atoms with Crippen molar-refractivity contribution >= 4 is 11.0 Å². The second-order valence-electron chi connectivity index (χ2n) is 6.36. The van der Waals surface area contributed by atoms with Crippen LogP contribution in [0.2, 0.25) is 0 Å². The van der Waals surface area contributed by atoms with Gasteiger partial charge in [0.25, 0.3) is 0 Å². The van der Waals surface area contributed by atoms with Crippen LogP contribution in [-0.4, -0.2) is 17.5 Å². The standard InChI is InChI=1S/C18H23NO2/c1-12-8-13(2)18-16(9-12)15(10-17(20)21-18)11-19-7-5-4-6-14(19)3/h8-10,14H,4-7,11H2,1-3H3/t14-/m1/s1. The van der Waals surface area contributed by atoms with Gasteiger partial charge in [0, 0.05) is 24.0 Å². The van der Waals surface area contributed by atoms with Gasteiger partial charge in [0.1, 0.15) is 5.58 Å². The molecule has 1 aliphatic heterocycles. The molecule has 0 aliphatic carbocycles. The van der Waals surface area contributed by atoms with Gasteiger partial charge >= 0.3 is 5.63 Å². The molecule has 21 heavy (non-hydrogen) atoms. The summed E-state index contributed by atoms with van der Waals surface area (Å²) in [5, 5.41) is 1.09. The van der Waals surface area contributed by atoms with Gasteiger partial charge < -0.3 is 4.42 Å². The van der Waals surface area contributed by atoms with E-state index in [2.05, 4.69) is 30.9 Å². The highest BCUT2D eigenvalue weighted by Crippen LogP contribution is 2.26. The van der Waals surface area contributed by atoms with E-state index in [1.54, 1.807) is 6.07 Å². The number of hydrogen-bond donors (Lipinski definition) is 0. The number of piperidine rings is 1. The molecular formula is C18H23NO2. The number of hydrogen-bond acceptors (Lipinski definition) is 3. The SMILES string of the molecule is Cc1cc(C)c2oc(=O)cc(CN3CCCC[C@H]3C)c2c1. The van der Waals surface area contributed by atoms with Gasteiger partial charge in [-0.25, -0.2) is 4.79 Å². The van der Waals surface area contributed by atoms with Crippen LogP contribution < -0.4 is 5.63 Å². The molecule has 3 nitrogen and oxygen atoms in total. The highest BCUT2D eigenvalue weighted by molar-refractivity contribution is 5.83. The summed E-state index contributed by atoms with van der Waals surface area (Å²) in [6.45, 7) is 8.33. The molecule has 112 valence electrons. The lowest BCUT2D eigenvalue weighted by molar-refractivity contribution is 0.153. The van der Waals surface area contributed by atoms with Crippen molar-refractivity contribution < 1.29 is 4.42 Å². The summed E-state index contributed by atoms with van der Waals surface area (Å²) in [6.07, 6.45) is 3.81. The number of fused-ring (bicyclic) bond motifs is 1. The zero-order valence-corrected chi connectivity index (χ0v) is 13.1. The largest absolute Gasteiger partial charge is 0.422 e. The first-order valence-corrected chi connectivity index (χ1v) is 7.82. The van der Waals surface area contributed by atoms with Gasteiger partial charge in [0.05, 0.1) is 0 Å². The summed E-state index contributed by atoms with van der Waals surface area (Å²) in [5.74, 6) is 0. The summed E-state index contributed by atoms with van der Waals surface area (Å²) < 4.78 is 5.43. The predicted octanol–water partition coefficient (Wildman–Crippen LogP) is 3.78. The van der Waals surface area contributed by atoms with Crippen LogP contribution in [0.5, 0.6) is 0 Å². The molecule has 0 spiro atoms. The third kappa shape index (κ3) is 2.88. The Morgan fingerprint density at radius 1 is 1.24 bits per heavy atom. The maximum atomic E-state index is 11.9. The van der Waals surface area contributed by atoms with Gasteiger partial charge in [-0.05, 0) is 62.9 Å². The van der Waals surface area contributed by atoms with E-state index in [1.165, 1.54) is 24.8 Å². The van der Waals surface area contributed by atoms with Crippen molar-refractivity contribution in [3.8, 4) is 0 Å². The molecule has 1 aromatic heterocycles. The maximum absolute atomic E-state index is 11.9. The van der Waals surface area contributed by atoms with E-state index >= 15 is 0 Å². The van der Waals surface area contributed by atoms with Crippen LogP contribution in [0.1, 0.15) is 42.9 Å². The molecule has 2 heterocycles. The van der Waals surface area contributed by atoms with Crippen LogP contribution >= 0.6 is 0 Å². The molecule has 0 amide bonds. The van der Waals surface area contributed by atoms with Gasteiger partial charge in [0.2, 0.25) is 0 Å². The molecule has 3 heteroatoms. The Morgan fingerprint density at radius 3 is 2.81 bits per heavy atom. The van der Waals surface area contributed by atoms with Crippen molar-refractivity contribution in [3.05, 3.63) is 45.3 Å². The maximum Gasteiger partial charge on any atom is 0.336 e. The molecule has 1 aromatic carbocycles. The minimum absolute atomic E-state index is 0.242. The van der Waals surface area contributed by atoms with Crippen molar-refractivity contribution in [1.29, 1.82) is 0 Å². The molecule has 3 rings (SSSR count). The number of nitrogens with zero attached hydrogens (tertiary/aromatic N) is 1. The highest BCUT2D eigenvalue weighted by Gasteiger charge is 2.20. The molecule has 0 N–H and O–H groups in total. The molecule has 0 bridgehead atoms. The van der Waals surface area contributed by atoms with Crippen LogP contribution in [0.4, 0.5) is 0 Å². The fraction of sp³-hybridized carbons (Fsp3) is 0.500. The second-order valence-corrected chi connectivity index (χ2v) is 6.36. The Balaban J connectivity index is 2.06. The van der Waals surface area contributed by atoms with Gasteiger partial charge in [0.15, 0.2) is 0 Å². The van der Waals surface area contributed by atoms with E-state index in [4.69, 9.17) is 4.42 Å². The Kier molecular flexibility index (Phi) is 3.85. The third-order valence-corrected chi connectivity index (χ3v) is 4.57. The minimum Gasteiger partial charge on any atom is -0.422 e. The van der Waals surface area contributed by atoms with Crippen molar-refractivity contribution in [1.82, 2.24) is 4.90 Å². The number of benzene rings is 1. The van der Waals surface area contributed by atoms with E-state index < -0.39 is 0 Å². The molecule has 0 radical (unpaired) electrons. The molecule has 0 unspecified atom stereocenters. The Bertz CT molecular complexity index is 717. The molecule has 1 saturated heterocycles. The molecular weight excluding hydrogens is 262 g/mol. The fourth-order valence-electron chi connectivity index (χ4n) is 3.42. The van der Waals surface area contributed by atoms with Crippen molar-refractivity contribution in [3.63, 3.8) is 0 Å². The minimum atomic E-state index is -0.242. The van der Waals surface area contributed by atoms with Crippen LogP contribution in [0, 0.1) is 13.8 Å². The monoisotopic (exact) mass is 285 g/mol. The smallest absolute Gasteiger partial charge is 0.336 e. The van der Waals surface area contributed by atoms with Gasteiger partial charge in [-0.1, -0.05) is 12.5 Å². The lowest BCUT2D eigenvalue weighted by Crippen LogP contribution is -2.37. The normalized spacial score (nSPS) is 20.0. The van der Waals surface area contributed by atoms with Crippen LogP contribution in [0.25, 0.3) is 11.0 Å². The second kappa shape index (κ2) is 5.64. The zero-order chi connectivity index (χ0) is 15.0. The zero-order valence-electron chi connectivity index (χ0n) is 13.1. The van der Waals surface area contributed by atoms with E-state index in [1.807, 2.05) is 6.92 Å².